The maximum absolute atomic E-state index is 11.3. The Morgan fingerprint density at radius 3 is 2.25 bits per heavy atom. The van der Waals surface area contributed by atoms with Crippen LogP contribution in [-0.4, -0.2) is 13.1 Å². The SMILES string of the molecule is CCC(=O)OC(C)(C)c1ccc(OC)cc1. The van der Waals surface area contributed by atoms with Crippen molar-refractivity contribution in [1.29, 1.82) is 0 Å². The van der Waals surface area contributed by atoms with Gasteiger partial charge in [-0.15, -0.1) is 0 Å². The van der Waals surface area contributed by atoms with Crippen LogP contribution in [0.1, 0.15) is 32.8 Å². The van der Waals surface area contributed by atoms with Gasteiger partial charge in [-0.3, -0.25) is 4.79 Å². The molecule has 0 amide bonds. The van der Waals surface area contributed by atoms with Crippen LogP contribution >= 0.6 is 0 Å². The molecule has 0 aliphatic carbocycles. The van der Waals surface area contributed by atoms with Gasteiger partial charge >= 0.3 is 5.97 Å². The minimum Gasteiger partial charge on any atom is -0.497 e. The molecule has 0 unspecified atom stereocenters. The summed E-state index contributed by atoms with van der Waals surface area (Å²) in [5.74, 6) is 0.599. The molecule has 0 aromatic heterocycles. The van der Waals surface area contributed by atoms with E-state index in [1.165, 1.54) is 0 Å². The molecule has 0 atom stereocenters. The minimum atomic E-state index is -0.598. The highest BCUT2D eigenvalue weighted by Gasteiger charge is 2.24. The fraction of sp³-hybridized carbons (Fsp3) is 0.462. The second kappa shape index (κ2) is 5.01. The third-order valence-electron chi connectivity index (χ3n) is 2.44. The smallest absolute Gasteiger partial charge is 0.306 e. The zero-order valence-electron chi connectivity index (χ0n) is 10.2. The van der Waals surface area contributed by atoms with Crippen molar-refractivity contribution >= 4 is 5.97 Å². The summed E-state index contributed by atoms with van der Waals surface area (Å²) in [4.78, 5) is 11.3. The van der Waals surface area contributed by atoms with E-state index in [1.54, 1.807) is 14.0 Å². The average Bonchev–Trinajstić information content (AvgIpc) is 2.28. The van der Waals surface area contributed by atoms with Crippen LogP contribution in [0.5, 0.6) is 5.75 Å². The molecule has 1 aromatic carbocycles. The van der Waals surface area contributed by atoms with Crippen LogP contribution in [0.4, 0.5) is 0 Å². The molecular weight excluding hydrogens is 204 g/mol. The van der Waals surface area contributed by atoms with Crippen LogP contribution in [0.25, 0.3) is 0 Å². The molecule has 3 nitrogen and oxygen atoms in total. The Hall–Kier alpha value is -1.51. The standard InChI is InChI=1S/C13H18O3/c1-5-12(14)16-13(2,3)10-6-8-11(15-4)9-7-10/h6-9H,5H2,1-4H3. The molecule has 88 valence electrons. The molecule has 16 heavy (non-hydrogen) atoms. The highest BCUT2D eigenvalue weighted by atomic mass is 16.6. The first-order chi connectivity index (χ1) is 7.49. The lowest BCUT2D eigenvalue weighted by molar-refractivity contribution is -0.157. The lowest BCUT2D eigenvalue weighted by Gasteiger charge is -2.25. The van der Waals surface area contributed by atoms with Crippen molar-refractivity contribution in [2.45, 2.75) is 32.8 Å². The van der Waals surface area contributed by atoms with E-state index >= 15 is 0 Å². The number of benzene rings is 1. The monoisotopic (exact) mass is 222 g/mol. The predicted molar refractivity (Wildman–Crippen MR) is 62.4 cm³/mol. The van der Waals surface area contributed by atoms with Gasteiger partial charge in [0.25, 0.3) is 0 Å². The summed E-state index contributed by atoms with van der Waals surface area (Å²) < 4.78 is 10.4. The van der Waals surface area contributed by atoms with Crippen molar-refractivity contribution in [3.8, 4) is 5.75 Å². The third-order valence-corrected chi connectivity index (χ3v) is 2.44. The van der Waals surface area contributed by atoms with Gasteiger partial charge in [0, 0.05) is 6.42 Å². The van der Waals surface area contributed by atoms with Crippen molar-refractivity contribution < 1.29 is 14.3 Å². The summed E-state index contributed by atoms with van der Waals surface area (Å²) in [6.07, 6.45) is 0.388. The van der Waals surface area contributed by atoms with Gasteiger partial charge in [0.15, 0.2) is 0 Å². The maximum Gasteiger partial charge on any atom is 0.306 e. The topological polar surface area (TPSA) is 35.5 Å². The fourth-order valence-electron chi connectivity index (χ4n) is 1.41. The Labute approximate surface area is 96.4 Å². The van der Waals surface area contributed by atoms with Crippen LogP contribution in [0.15, 0.2) is 24.3 Å². The van der Waals surface area contributed by atoms with Crippen molar-refractivity contribution in [2.75, 3.05) is 7.11 Å². The van der Waals surface area contributed by atoms with E-state index in [4.69, 9.17) is 9.47 Å². The second-order valence-corrected chi connectivity index (χ2v) is 4.07. The van der Waals surface area contributed by atoms with Crippen molar-refractivity contribution in [3.05, 3.63) is 29.8 Å². The zero-order chi connectivity index (χ0) is 12.2. The van der Waals surface area contributed by atoms with E-state index in [2.05, 4.69) is 0 Å². The summed E-state index contributed by atoms with van der Waals surface area (Å²) in [5.41, 5.74) is 0.356. The highest BCUT2D eigenvalue weighted by Crippen LogP contribution is 2.26. The molecular formula is C13H18O3. The first-order valence-electron chi connectivity index (χ1n) is 5.36. The van der Waals surface area contributed by atoms with Crippen molar-refractivity contribution in [2.24, 2.45) is 0 Å². The Morgan fingerprint density at radius 2 is 1.81 bits per heavy atom. The molecule has 1 rings (SSSR count). The Morgan fingerprint density at radius 1 is 1.25 bits per heavy atom. The molecule has 1 aromatic rings. The van der Waals surface area contributed by atoms with Crippen LogP contribution in [0, 0.1) is 0 Å². The normalized spacial score (nSPS) is 11.0. The lowest BCUT2D eigenvalue weighted by atomic mass is 9.98. The lowest BCUT2D eigenvalue weighted by Crippen LogP contribution is -2.25. The summed E-state index contributed by atoms with van der Waals surface area (Å²) in [6.45, 7) is 5.54. The van der Waals surface area contributed by atoms with Crippen LogP contribution < -0.4 is 4.74 Å². The highest BCUT2D eigenvalue weighted by molar-refractivity contribution is 5.69. The van der Waals surface area contributed by atoms with Gasteiger partial charge in [-0.25, -0.2) is 0 Å². The molecule has 0 fully saturated rings. The second-order valence-electron chi connectivity index (χ2n) is 4.07. The van der Waals surface area contributed by atoms with Gasteiger partial charge in [0.2, 0.25) is 0 Å². The summed E-state index contributed by atoms with van der Waals surface area (Å²) in [7, 11) is 1.62. The van der Waals surface area contributed by atoms with E-state index in [9.17, 15) is 4.79 Å². The summed E-state index contributed by atoms with van der Waals surface area (Å²) in [6, 6.07) is 7.53. The summed E-state index contributed by atoms with van der Waals surface area (Å²) in [5, 5.41) is 0. The van der Waals surface area contributed by atoms with Gasteiger partial charge in [-0.05, 0) is 31.5 Å². The number of esters is 1. The van der Waals surface area contributed by atoms with Gasteiger partial charge in [0.05, 0.1) is 7.11 Å². The Balaban J connectivity index is 2.84. The van der Waals surface area contributed by atoms with Crippen LogP contribution in [0.3, 0.4) is 0 Å². The molecule has 0 aliphatic rings. The third kappa shape index (κ3) is 2.99. The number of carbonyl (C=O) groups excluding carboxylic acids is 1. The molecule has 0 spiro atoms. The van der Waals surface area contributed by atoms with Gasteiger partial charge in [-0.2, -0.15) is 0 Å². The van der Waals surface area contributed by atoms with Gasteiger partial charge in [0.1, 0.15) is 11.4 Å². The summed E-state index contributed by atoms with van der Waals surface area (Å²) >= 11 is 0. The van der Waals surface area contributed by atoms with E-state index in [-0.39, 0.29) is 5.97 Å². The van der Waals surface area contributed by atoms with Gasteiger partial charge < -0.3 is 9.47 Å². The van der Waals surface area contributed by atoms with Crippen LogP contribution in [-0.2, 0) is 15.1 Å². The number of carbonyl (C=O) groups is 1. The molecule has 0 radical (unpaired) electrons. The van der Waals surface area contributed by atoms with Gasteiger partial charge in [-0.1, -0.05) is 19.1 Å². The van der Waals surface area contributed by atoms with E-state index in [1.807, 2.05) is 38.1 Å². The molecule has 0 N–H and O–H groups in total. The Kier molecular flexibility index (Phi) is 3.93. The number of rotatable bonds is 4. The predicted octanol–water partition coefficient (Wildman–Crippen LogP) is 2.88. The van der Waals surface area contributed by atoms with Crippen molar-refractivity contribution in [3.63, 3.8) is 0 Å². The molecule has 0 heterocycles. The fourth-order valence-corrected chi connectivity index (χ4v) is 1.41. The van der Waals surface area contributed by atoms with Crippen LogP contribution in [0.2, 0.25) is 0 Å². The van der Waals surface area contributed by atoms with E-state index in [0.29, 0.717) is 6.42 Å². The molecule has 0 aliphatic heterocycles. The minimum absolute atomic E-state index is 0.194. The average molecular weight is 222 g/mol. The molecule has 0 saturated carbocycles. The van der Waals surface area contributed by atoms with Crippen molar-refractivity contribution in [1.82, 2.24) is 0 Å². The molecule has 0 saturated heterocycles. The quantitative estimate of drug-likeness (QED) is 0.735. The molecule has 3 heteroatoms. The number of hydrogen-bond acceptors (Lipinski definition) is 3. The first kappa shape index (κ1) is 12.6. The zero-order valence-corrected chi connectivity index (χ0v) is 10.2. The Bertz CT molecular complexity index is 352. The number of ether oxygens (including phenoxy) is 2. The largest absolute Gasteiger partial charge is 0.497 e. The van der Waals surface area contributed by atoms with E-state index in [0.717, 1.165) is 11.3 Å². The number of hydrogen-bond donors (Lipinski definition) is 0. The first-order valence-corrected chi connectivity index (χ1v) is 5.36. The molecule has 0 bridgehead atoms. The maximum atomic E-state index is 11.3. The van der Waals surface area contributed by atoms with E-state index < -0.39 is 5.60 Å². The number of methoxy groups -OCH3 is 1.